The van der Waals surface area contributed by atoms with Gasteiger partial charge in [-0.3, -0.25) is 5.32 Å². The zero-order chi connectivity index (χ0) is 24.3. The Morgan fingerprint density at radius 1 is 1.26 bits per heavy atom. The number of aliphatic imine (C=N–C) groups is 1. The minimum absolute atomic E-state index is 0.296. The van der Waals surface area contributed by atoms with Gasteiger partial charge in [-0.2, -0.15) is 9.83 Å². The van der Waals surface area contributed by atoms with Gasteiger partial charge in [-0.15, -0.1) is 4.48 Å². The Morgan fingerprint density at radius 2 is 2.00 bits per heavy atom. The summed E-state index contributed by atoms with van der Waals surface area (Å²) in [6.45, 7) is 4.83. The molecule has 11 nitrogen and oxygen atoms in total. The number of fused-ring (bicyclic) bond motifs is 3. The van der Waals surface area contributed by atoms with E-state index in [1.807, 2.05) is 0 Å². The van der Waals surface area contributed by atoms with E-state index in [2.05, 4.69) is 21.1 Å². The number of halogens is 1. The minimum atomic E-state index is -4.88. The Kier molecular flexibility index (Phi) is 5.21. The molecule has 0 aliphatic carbocycles. The molecule has 3 heterocycles. The van der Waals surface area contributed by atoms with Crippen molar-refractivity contribution in [1.29, 1.82) is 0 Å². The first-order chi connectivity index (χ1) is 16.0. The van der Waals surface area contributed by atoms with Crippen molar-refractivity contribution in [2.75, 3.05) is 24.1 Å². The molecule has 0 spiro atoms. The normalized spacial score (nSPS) is 25.0. The smallest absolute Gasteiger partial charge is 0.471 e. The lowest BCUT2D eigenvalue weighted by atomic mass is 10.1. The summed E-state index contributed by atoms with van der Waals surface area (Å²) in [6, 6.07) is 8.49. The maximum Gasteiger partial charge on any atom is 0.474 e. The number of hydrogen-bond donors (Lipinski definition) is 5. The molecule has 3 aliphatic rings. The predicted octanol–water partition coefficient (Wildman–Crippen LogP) is 3.15. The first kappa shape index (κ1) is 22.8. The summed E-state index contributed by atoms with van der Waals surface area (Å²) < 4.78 is 36.3. The predicted molar refractivity (Wildman–Crippen MR) is 123 cm³/mol. The van der Waals surface area contributed by atoms with E-state index in [4.69, 9.17) is 14.1 Å². The molecule has 2 aromatic carbocycles. The van der Waals surface area contributed by atoms with Gasteiger partial charge in [0.05, 0.1) is 5.69 Å². The summed E-state index contributed by atoms with van der Waals surface area (Å²) in [5, 5.41) is 6.32. The minimum Gasteiger partial charge on any atom is -0.471 e. The molecule has 13 heteroatoms. The molecule has 1 saturated heterocycles. The summed E-state index contributed by atoms with van der Waals surface area (Å²) in [7, 11) is -4.88. The first-order valence-corrected chi connectivity index (χ1v) is 11.9. The standard InChI is InChI=1S/C21H23FN5O6P/c1-12-6-15(7-13(2)19(12)22)25-21-24-9-14(3)20(26-33-21)27(21,11-32-34(28,29)30)16-4-5-18-17(8-16)23-10-31-18/h4-9,23,25-26H,10-11H2,1-3H3,(H-,28,29,30)/p+1. The van der Waals surface area contributed by atoms with Crippen molar-refractivity contribution in [1.82, 2.24) is 9.96 Å². The highest BCUT2D eigenvalue weighted by Crippen LogP contribution is 2.50. The number of phosphoric acid groups is 1. The van der Waals surface area contributed by atoms with E-state index < -0.39 is 25.0 Å². The topological polar surface area (TPSA) is 134 Å². The van der Waals surface area contributed by atoms with E-state index in [0.717, 1.165) is 0 Å². The lowest BCUT2D eigenvalue weighted by Gasteiger charge is -2.42. The number of phosphoric ester groups is 1. The highest BCUT2D eigenvalue weighted by molar-refractivity contribution is 7.46. The second-order valence-electron chi connectivity index (χ2n) is 8.36. The Balaban J connectivity index is 1.70. The number of ether oxygens (including phenoxy) is 1. The molecule has 34 heavy (non-hydrogen) atoms. The third-order valence-corrected chi connectivity index (χ3v) is 6.51. The summed E-state index contributed by atoms with van der Waals surface area (Å²) in [5.41, 5.74) is 6.11. The van der Waals surface area contributed by atoms with Crippen LogP contribution in [0.5, 0.6) is 5.75 Å². The molecule has 2 bridgehead atoms. The van der Waals surface area contributed by atoms with E-state index in [1.165, 1.54) is 0 Å². The van der Waals surface area contributed by atoms with Gasteiger partial charge in [0.2, 0.25) is 12.6 Å². The molecule has 0 radical (unpaired) electrons. The van der Waals surface area contributed by atoms with Gasteiger partial charge in [-0.05, 0) is 50.1 Å². The Hall–Kier alpha value is -2.99. The maximum absolute atomic E-state index is 14.3. The van der Waals surface area contributed by atoms with Gasteiger partial charge in [-0.1, -0.05) is 0 Å². The largest absolute Gasteiger partial charge is 0.474 e. The molecule has 5 rings (SSSR count). The second-order valence-corrected chi connectivity index (χ2v) is 9.60. The molecule has 5 N–H and O–H groups in total. The average Bonchev–Trinajstić information content (AvgIpc) is 3.32. The van der Waals surface area contributed by atoms with E-state index >= 15 is 0 Å². The van der Waals surface area contributed by atoms with Crippen molar-refractivity contribution >= 4 is 31.1 Å². The molecule has 0 amide bonds. The number of hydrogen-bond acceptors (Lipinski definition) is 8. The van der Waals surface area contributed by atoms with Gasteiger partial charge in [0.1, 0.15) is 17.3 Å². The fourth-order valence-corrected chi connectivity index (χ4v) is 4.77. The molecule has 2 atom stereocenters. The second kappa shape index (κ2) is 7.77. The van der Waals surface area contributed by atoms with Crippen molar-refractivity contribution in [2.45, 2.75) is 26.7 Å². The van der Waals surface area contributed by atoms with Crippen LogP contribution in [0.3, 0.4) is 0 Å². The highest BCUT2D eigenvalue weighted by atomic mass is 31.2. The molecule has 1 fully saturated rings. The van der Waals surface area contributed by atoms with Crippen molar-refractivity contribution in [3.63, 3.8) is 0 Å². The van der Waals surface area contributed by atoms with Gasteiger partial charge in [0, 0.05) is 29.6 Å². The van der Waals surface area contributed by atoms with Gasteiger partial charge < -0.3 is 19.8 Å². The molecule has 2 unspecified atom stereocenters. The fraction of sp³-hybridized carbons (Fsp3) is 0.286. The van der Waals surface area contributed by atoms with Crippen LogP contribution >= 0.6 is 7.82 Å². The number of allylic oxidation sites excluding steroid dienone is 1. The molecule has 0 aromatic heterocycles. The van der Waals surface area contributed by atoms with Crippen LogP contribution in [0.1, 0.15) is 18.1 Å². The van der Waals surface area contributed by atoms with Crippen LogP contribution in [-0.4, -0.2) is 35.4 Å². The average molecular weight is 492 g/mol. The highest BCUT2D eigenvalue weighted by Gasteiger charge is 2.67. The summed E-state index contributed by atoms with van der Waals surface area (Å²) in [5.74, 6) is -0.899. The van der Waals surface area contributed by atoms with Crippen LogP contribution in [0.4, 0.5) is 21.5 Å². The van der Waals surface area contributed by atoms with Crippen molar-refractivity contribution in [3.8, 4) is 5.75 Å². The molecule has 3 aliphatic heterocycles. The van der Waals surface area contributed by atoms with E-state index in [-0.39, 0.29) is 5.82 Å². The lowest BCUT2D eigenvalue weighted by molar-refractivity contribution is -0.0972. The fourth-order valence-electron chi connectivity index (χ4n) is 4.44. The third kappa shape index (κ3) is 3.47. The zero-order valence-corrected chi connectivity index (χ0v) is 19.5. The SMILES string of the molecule is CC1=C2NOC(Nc3cc(C)c(F)c(C)c3)(N=C1)[N+]2(COP(=O)(O)O)c1ccc2c(c1)NCO2. The summed E-state index contributed by atoms with van der Waals surface area (Å²) >= 11 is 0. The molecular weight excluding hydrogens is 468 g/mol. The number of quaternary nitrogens is 1. The number of nitrogens with one attached hydrogen (secondary N) is 3. The number of nitrogens with zero attached hydrogens (tertiary/aromatic N) is 2. The summed E-state index contributed by atoms with van der Waals surface area (Å²) in [4.78, 5) is 29.7. The van der Waals surface area contributed by atoms with Crippen LogP contribution in [0, 0.1) is 19.7 Å². The molecule has 0 saturated carbocycles. The van der Waals surface area contributed by atoms with E-state index in [1.54, 1.807) is 57.3 Å². The van der Waals surface area contributed by atoms with Crippen molar-refractivity contribution < 1.29 is 32.8 Å². The molecule has 180 valence electrons. The number of rotatable bonds is 6. The van der Waals surface area contributed by atoms with Crippen LogP contribution in [0.25, 0.3) is 0 Å². The Labute approximate surface area is 194 Å². The monoisotopic (exact) mass is 492 g/mol. The Bertz CT molecular complexity index is 1270. The number of anilines is 2. The molecule has 2 aromatic rings. The van der Waals surface area contributed by atoms with Crippen molar-refractivity contribution in [2.24, 2.45) is 4.99 Å². The van der Waals surface area contributed by atoms with Gasteiger partial charge in [0.15, 0.2) is 6.73 Å². The third-order valence-electron chi connectivity index (χ3n) is 6.05. The quantitative estimate of drug-likeness (QED) is 0.305. The zero-order valence-electron chi connectivity index (χ0n) is 18.6. The first-order valence-electron chi connectivity index (χ1n) is 10.4. The number of aryl methyl sites for hydroxylation is 2. The van der Waals surface area contributed by atoms with Crippen LogP contribution in [0.2, 0.25) is 0 Å². The number of hydroxylamine groups is 1. The Morgan fingerprint density at radius 3 is 2.71 bits per heavy atom. The maximum atomic E-state index is 14.3. The summed E-state index contributed by atoms with van der Waals surface area (Å²) in [6.07, 6.45) is 1.59. The van der Waals surface area contributed by atoms with Crippen LogP contribution < -0.4 is 25.3 Å². The molecular formula is C21H24FN5O6P+. The van der Waals surface area contributed by atoms with E-state index in [0.29, 0.717) is 52.1 Å². The van der Waals surface area contributed by atoms with Gasteiger partial charge in [-0.25, -0.2) is 19.0 Å². The van der Waals surface area contributed by atoms with E-state index in [9.17, 15) is 18.7 Å². The lowest BCUT2D eigenvalue weighted by Crippen LogP contribution is -2.67. The van der Waals surface area contributed by atoms with Crippen molar-refractivity contribution in [3.05, 3.63) is 58.7 Å². The number of benzene rings is 2. The van der Waals surface area contributed by atoms with Crippen LogP contribution in [-0.2, 0) is 13.9 Å². The van der Waals surface area contributed by atoms with Gasteiger partial charge >= 0.3 is 13.8 Å². The van der Waals surface area contributed by atoms with Gasteiger partial charge in [0.25, 0.3) is 0 Å². The van der Waals surface area contributed by atoms with Crippen LogP contribution in [0.15, 0.2) is 46.7 Å².